The number of aliphatic hydroxyl groups excluding tert-OH is 1. The molecule has 1 fully saturated rings. The minimum absolute atomic E-state index is 0.0141. The summed E-state index contributed by atoms with van der Waals surface area (Å²) in [7, 11) is 0. The van der Waals surface area contributed by atoms with Gasteiger partial charge in [0.05, 0.1) is 29.4 Å². The molecule has 1 aliphatic rings. The molecule has 2 N–H and O–H groups in total. The van der Waals surface area contributed by atoms with Crippen molar-refractivity contribution in [2.24, 2.45) is 0 Å². The average molecular weight is 395 g/mol. The molecule has 0 aromatic carbocycles. The number of carbonyl (C=O) groups is 2. The van der Waals surface area contributed by atoms with Gasteiger partial charge in [0.1, 0.15) is 17.6 Å². The molecule has 0 bridgehead atoms. The molecule has 1 unspecified atom stereocenters. The highest BCUT2D eigenvalue weighted by molar-refractivity contribution is 6.46. The van der Waals surface area contributed by atoms with Crippen LogP contribution in [-0.4, -0.2) is 48.0 Å². The Labute approximate surface area is 166 Å². The second-order valence-corrected chi connectivity index (χ2v) is 6.97. The van der Waals surface area contributed by atoms with E-state index in [1.807, 2.05) is 10.8 Å². The van der Waals surface area contributed by atoms with Crippen molar-refractivity contribution in [3.05, 3.63) is 65.4 Å². The second kappa shape index (κ2) is 7.42. The second-order valence-electron chi connectivity index (χ2n) is 6.97. The topological polar surface area (TPSA) is 117 Å². The highest BCUT2D eigenvalue weighted by atomic mass is 16.3. The van der Waals surface area contributed by atoms with Crippen molar-refractivity contribution < 1.29 is 19.1 Å². The number of hydrogen-bond acceptors (Lipinski definition) is 6. The Bertz CT molecular complexity index is 1040. The first kappa shape index (κ1) is 18.7. The summed E-state index contributed by atoms with van der Waals surface area (Å²) in [6.07, 6.45) is 7.31. The number of carbonyl (C=O) groups excluding carboxylic acids is 2. The predicted molar refractivity (Wildman–Crippen MR) is 103 cm³/mol. The van der Waals surface area contributed by atoms with Crippen LogP contribution in [0.3, 0.4) is 0 Å². The third-order valence-electron chi connectivity index (χ3n) is 5.09. The largest absolute Gasteiger partial charge is 0.507 e. The Hall–Kier alpha value is -3.62. The first-order valence-electron chi connectivity index (χ1n) is 9.28. The maximum absolute atomic E-state index is 12.9. The summed E-state index contributed by atoms with van der Waals surface area (Å²) in [6, 6.07) is 2.60. The Morgan fingerprint density at radius 2 is 2.14 bits per heavy atom. The monoisotopic (exact) mass is 395 g/mol. The molecular weight excluding hydrogens is 374 g/mol. The number of rotatable bonds is 6. The molecule has 3 aromatic rings. The van der Waals surface area contributed by atoms with Gasteiger partial charge < -0.3 is 19.0 Å². The van der Waals surface area contributed by atoms with E-state index >= 15 is 0 Å². The van der Waals surface area contributed by atoms with Crippen LogP contribution in [0.4, 0.5) is 0 Å². The van der Waals surface area contributed by atoms with Crippen LogP contribution in [0.25, 0.3) is 5.76 Å². The van der Waals surface area contributed by atoms with Gasteiger partial charge in [-0.3, -0.25) is 14.7 Å². The number of nitrogens with one attached hydrogen (secondary N) is 1. The van der Waals surface area contributed by atoms with Crippen LogP contribution in [0.1, 0.15) is 35.2 Å². The van der Waals surface area contributed by atoms with Gasteiger partial charge in [0.15, 0.2) is 0 Å². The van der Waals surface area contributed by atoms with Crippen molar-refractivity contribution in [2.75, 3.05) is 6.54 Å². The molecule has 9 nitrogen and oxygen atoms in total. The van der Waals surface area contributed by atoms with Gasteiger partial charge >= 0.3 is 0 Å². The van der Waals surface area contributed by atoms with Crippen molar-refractivity contribution in [1.29, 1.82) is 0 Å². The summed E-state index contributed by atoms with van der Waals surface area (Å²) in [6.45, 7) is 4.45. The summed E-state index contributed by atoms with van der Waals surface area (Å²) >= 11 is 0. The lowest BCUT2D eigenvalue weighted by Crippen LogP contribution is -2.31. The summed E-state index contributed by atoms with van der Waals surface area (Å²) in [5, 5.41) is 17.9. The van der Waals surface area contributed by atoms with E-state index in [2.05, 4.69) is 15.2 Å². The highest BCUT2D eigenvalue weighted by Crippen LogP contribution is 2.40. The van der Waals surface area contributed by atoms with Gasteiger partial charge in [-0.1, -0.05) is 0 Å². The van der Waals surface area contributed by atoms with Gasteiger partial charge in [-0.05, 0) is 32.4 Å². The number of aryl methyl sites for hydroxylation is 3. The first-order valence-corrected chi connectivity index (χ1v) is 9.28. The number of aromatic nitrogens is 4. The van der Waals surface area contributed by atoms with E-state index in [0.29, 0.717) is 42.2 Å². The van der Waals surface area contributed by atoms with Gasteiger partial charge in [-0.2, -0.15) is 5.10 Å². The molecule has 1 atom stereocenters. The third-order valence-corrected chi connectivity index (χ3v) is 5.09. The molecule has 1 aliphatic heterocycles. The van der Waals surface area contributed by atoms with Gasteiger partial charge in [-0.25, -0.2) is 4.98 Å². The van der Waals surface area contributed by atoms with E-state index in [9.17, 15) is 14.7 Å². The first-order chi connectivity index (χ1) is 14.0. The standard InChI is InChI=1S/C20H21N5O4/c1-12-15(13(2)23-22-12)18(26)16-17(14-5-3-10-29-14)25(20(28)19(16)27)8-4-7-24-9-6-21-11-24/h3,5-6,9-11,17,26H,4,7-8H2,1-2H3,(H,22,23). The molecule has 4 rings (SSSR count). The van der Waals surface area contributed by atoms with E-state index in [0.717, 1.165) is 0 Å². The van der Waals surface area contributed by atoms with Crippen molar-refractivity contribution in [3.63, 3.8) is 0 Å². The number of Topliss-reactive ketones (excluding diaryl/α,β-unsaturated/α-hetero) is 1. The maximum Gasteiger partial charge on any atom is 0.295 e. The lowest BCUT2D eigenvalue weighted by Gasteiger charge is -2.23. The number of amides is 1. The van der Waals surface area contributed by atoms with Crippen molar-refractivity contribution in [2.45, 2.75) is 32.9 Å². The molecule has 1 saturated heterocycles. The number of ketones is 1. The number of nitrogens with zero attached hydrogens (tertiary/aromatic N) is 4. The van der Waals surface area contributed by atoms with Crippen LogP contribution in [0.2, 0.25) is 0 Å². The van der Waals surface area contributed by atoms with Crippen LogP contribution in [0.15, 0.2) is 47.1 Å². The van der Waals surface area contributed by atoms with Crippen LogP contribution in [0, 0.1) is 13.8 Å². The van der Waals surface area contributed by atoms with E-state index in [4.69, 9.17) is 4.42 Å². The normalized spacial score (nSPS) is 18.7. The number of likely N-dealkylation sites (tertiary alicyclic amines) is 1. The molecule has 1 amide bonds. The zero-order valence-electron chi connectivity index (χ0n) is 16.1. The molecule has 0 spiro atoms. The molecule has 150 valence electrons. The Morgan fingerprint density at radius 1 is 1.31 bits per heavy atom. The van der Waals surface area contributed by atoms with E-state index in [1.165, 1.54) is 11.2 Å². The number of hydrogen-bond donors (Lipinski definition) is 2. The fraction of sp³-hybridized carbons (Fsp3) is 0.300. The van der Waals surface area contributed by atoms with Gasteiger partial charge in [0.25, 0.3) is 11.7 Å². The number of imidazole rings is 1. The SMILES string of the molecule is Cc1n[nH]c(C)c1C(O)=C1C(=O)C(=O)N(CCCn2ccnc2)C1c1ccco1. The summed E-state index contributed by atoms with van der Waals surface area (Å²) < 4.78 is 7.42. The molecule has 3 aromatic heterocycles. The third kappa shape index (κ3) is 3.24. The lowest BCUT2D eigenvalue weighted by molar-refractivity contribution is -0.140. The zero-order valence-corrected chi connectivity index (χ0v) is 16.1. The number of aromatic amines is 1. The van der Waals surface area contributed by atoms with Crippen LogP contribution < -0.4 is 0 Å². The van der Waals surface area contributed by atoms with Gasteiger partial charge in [0, 0.05) is 31.2 Å². The highest BCUT2D eigenvalue weighted by Gasteiger charge is 2.47. The number of aliphatic hydroxyl groups is 1. The quantitative estimate of drug-likeness (QED) is 0.376. The molecule has 0 saturated carbocycles. The lowest BCUT2D eigenvalue weighted by atomic mass is 9.98. The summed E-state index contributed by atoms with van der Waals surface area (Å²) in [4.78, 5) is 31.1. The van der Waals surface area contributed by atoms with E-state index in [1.54, 1.807) is 38.5 Å². The predicted octanol–water partition coefficient (Wildman–Crippen LogP) is 2.33. The Morgan fingerprint density at radius 3 is 2.76 bits per heavy atom. The average Bonchev–Trinajstić information content (AvgIpc) is 3.47. The van der Waals surface area contributed by atoms with Gasteiger partial charge in [0.2, 0.25) is 0 Å². The minimum atomic E-state index is -0.790. The fourth-order valence-corrected chi connectivity index (χ4v) is 3.73. The minimum Gasteiger partial charge on any atom is -0.507 e. The molecular formula is C20H21N5O4. The van der Waals surface area contributed by atoms with Crippen molar-refractivity contribution >= 4 is 17.4 Å². The molecule has 4 heterocycles. The zero-order chi connectivity index (χ0) is 20.5. The Kier molecular flexibility index (Phi) is 4.79. The van der Waals surface area contributed by atoms with Crippen LogP contribution >= 0.6 is 0 Å². The van der Waals surface area contributed by atoms with Crippen molar-refractivity contribution in [3.8, 4) is 0 Å². The summed E-state index contributed by atoms with van der Waals surface area (Å²) in [5.74, 6) is -1.21. The Balaban J connectivity index is 1.72. The number of furan rings is 1. The van der Waals surface area contributed by atoms with Crippen LogP contribution in [-0.2, 0) is 16.1 Å². The molecule has 0 aliphatic carbocycles. The van der Waals surface area contributed by atoms with Crippen molar-refractivity contribution in [1.82, 2.24) is 24.6 Å². The van der Waals surface area contributed by atoms with E-state index in [-0.39, 0.29) is 11.3 Å². The maximum atomic E-state index is 12.9. The molecule has 29 heavy (non-hydrogen) atoms. The van der Waals surface area contributed by atoms with Crippen LogP contribution in [0.5, 0.6) is 0 Å². The van der Waals surface area contributed by atoms with Gasteiger partial charge in [-0.15, -0.1) is 0 Å². The summed E-state index contributed by atoms with van der Waals surface area (Å²) in [5.41, 5.74) is 1.60. The smallest absolute Gasteiger partial charge is 0.295 e. The molecule has 9 heteroatoms. The number of H-pyrrole nitrogens is 1. The molecule has 0 radical (unpaired) electrons. The van der Waals surface area contributed by atoms with E-state index < -0.39 is 17.7 Å². The fourth-order valence-electron chi connectivity index (χ4n) is 3.73.